The third-order valence-corrected chi connectivity index (χ3v) is 2.84. The molecule has 0 aliphatic carbocycles. The Hall–Kier alpha value is -0.610. The minimum atomic E-state index is -0.544. The number of carbonyl (C=O) groups is 1. The van der Waals surface area contributed by atoms with Crippen molar-refractivity contribution in [3.05, 3.63) is 0 Å². The second-order valence-electron chi connectivity index (χ2n) is 4.07. The summed E-state index contributed by atoms with van der Waals surface area (Å²) in [7, 11) is 1.36. The highest BCUT2D eigenvalue weighted by Crippen LogP contribution is 2.20. The lowest BCUT2D eigenvalue weighted by molar-refractivity contribution is -0.153. The van der Waals surface area contributed by atoms with Gasteiger partial charge in [0.05, 0.1) is 19.1 Å². The lowest BCUT2D eigenvalue weighted by Gasteiger charge is -2.36. The summed E-state index contributed by atoms with van der Waals surface area (Å²) in [6.07, 6.45) is 0.107. The predicted octanol–water partition coefficient (Wildman–Crippen LogP) is 0.251. The zero-order valence-corrected chi connectivity index (χ0v) is 9.06. The molecule has 1 aliphatic rings. The molecule has 1 aliphatic heterocycles. The van der Waals surface area contributed by atoms with Crippen molar-refractivity contribution < 1.29 is 14.6 Å². The Morgan fingerprint density at radius 3 is 2.71 bits per heavy atom. The molecule has 1 rings (SSSR count). The molecule has 1 saturated heterocycles. The summed E-state index contributed by atoms with van der Waals surface area (Å²) >= 11 is 0. The van der Waals surface area contributed by atoms with Gasteiger partial charge in [-0.25, -0.2) is 0 Å². The molecule has 0 radical (unpaired) electrons. The fraction of sp³-hybridized carbons (Fsp3) is 0.900. The molecule has 0 aromatic rings. The van der Waals surface area contributed by atoms with Crippen molar-refractivity contribution in [3.63, 3.8) is 0 Å². The quantitative estimate of drug-likeness (QED) is 0.651. The predicted molar refractivity (Wildman–Crippen MR) is 52.8 cm³/mol. The van der Waals surface area contributed by atoms with Crippen LogP contribution in [0.4, 0.5) is 0 Å². The first kappa shape index (κ1) is 11.5. The number of esters is 1. The number of hydrogen-bond donors (Lipinski definition) is 1. The van der Waals surface area contributed by atoms with Crippen LogP contribution < -0.4 is 0 Å². The minimum Gasteiger partial charge on any atom is -0.469 e. The molecule has 4 heteroatoms. The van der Waals surface area contributed by atoms with Gasteiger partial charge in [0, 0.05) is 19.1 Å². The Balaban J connectivity index is 2.59. The number of rotatable bonds is 2. The molecule has 0 bridgehead atoms. The second kappa shape index (κ2) is 4.75. The van der Waals surface area contributed by atoms with Crippen LogP contribution in [0.2, 0.25) is 0 Å². The lowest BCUT2D eigenvalue weighted by atomic mass is 9.94. The number of aliphatic hydroxyl groups excluding tert-OH is 1. The monoisotopic (exact) mass is 201 g/mol. The van der Waals surface area contributed by atoms with Gasteiger partial charge in [0.1, 0.15) is 0 Å². The van der Waals surface area contributed by atoms with E-state index in [2.05, 4.69) is 23.5 Å². The molecule has 14 heavy (non-hydrogen) atoms. The maximum absolute atomic E-state index is 11.3. The van der Waals surface area contributed by atoms with Crippen molar-refractivity contribution in [2.24, 2.45) is 5.92 Å². The van der Waals surface area contributed by atoms with Crippen LogP contribution in [-0.4, -0.2) is 48.3 Å². The average Bonchev–Trinajstić information content (AvgIpc) is 2.17. The van der Waals surface area contributed by atoms with Gasteiger partial charge in [-0.1, -0.05) is 0 Å². The number of aliphatic hydroxyl groups is 1. The van der Waals surface area contributed by atoms with Gasteiger partial charge in [0.2, 0.25) is 0 Å². The molecule has 0 aromatic carbocycles. The average molecular weight is 201 g/mol. The Morgan fingerprint density at radius 2 is 2.21 bits per heavy atom. The summed E-state index contributed by atoms with van der Waals surface area (Å²) in [5, 5.41) is 9.64. The van der Waals surface area contributed by atoms with E-state index in [0.29, 0.717) is 19.0 Å². The van der Waals surface area contributed by atoms with E-state index < -0.39 is 6.10 Å². The fourth-order valence-electron chi connectivity index (χ4n) is 1.82. The van der Waals surface area contributed by atoms with Gasteiger partial charge in [-0.3, -0.25) is 9.69 Å². The minimum absolute atomic E-state index is 0.303. The van der Waals surface area contributed by atoms with Crippen molar-refractivity contribution in [2.75, 3.05) is 20.2 Å². The molecule has 4 nitrogen and oxygen atoms in total. The molecule has 0 aromatic heterocycles. The fourth-order valence-corrected chi connectivity index (χ4v) is 1.82. The van der Waals surface area contributed by atoms with Crippen LogP contribution in [0.5, 0.6) is 0 Å². The third-order valence-electron chi connectivity index (χ3n) is 2.84. The highest BCUT2D eigenvalue weighted by molar-refractivity contribution is 5.73. The van der Waals surface area contributed by atoms with E-state index in [9.17, 15) is 9.90 Å². The van der Waals surface area contributed by atoms with Crippen molar-refractivity contribution in [3.8, 4) is 0 Å². The van der Waals surface area contributed by atoms with Crippen LogP contribution in [0.3, 0.4) is 0 Å². The molecule has 1 N–H and O–H groups in total. The smallest absolute Gasteiger partial charge is 0.312 e. The third kappa shape index (κ3) is 2.45. The molecule has 82 valence electrons. The van der Waals surface area contributed by atoms with Crippen molar-refractivity contribution >= 4 is 5.97 Å². The van der Waals surface area contributed by atoms with Crippen LogP contribution >= 0.6 is 0 Å². The maximum atomic E-state index is 11.3. The van der Waals surface area contributed by atoms with E-state index in [1.54, 1.807) is 0 Å². The summed E-state index contributed by atoms with van der Waals surface area (Å²) in [6, 6.07) is 0.412. The van der Waals surface area contributed by atoms with Crippen molar-refractivity contribution in [2.45, 2.75) is 32.4 Å². The summed E-state index contributed by atoms with van der Waals surface area (Å²) in [6.45, 7) is 5.63. The summed E-state index contributed by atoms with van der Waals surface area (Å²) in [5.74, 6) is -0.681. The topological polar surface area (TPSA) is 49.8 Å². The molecular weight excluding hydrogens is 182 g/mol. The zero-order valence-electron chi connectivity index (χ0n) is 9.06. The molecule has 0 spiro atoms. The number of nitrogens with zero attached hydrogens (tertiary/aromatic N) is 1. The Labute approximate surface area is 84.8 Å². The summed E-state index contributed by atoms with van der Waals surface area (Å²) in [5.41, 5.74) is 0. The molecule has 0 amide bonds. The van der Waals surface area contributed by atoms with E-state index in [1.807, 2.05) is 0 Å². The van der Waals surface area contributed by atoms with Gasteiger partial charge in [0.15, 0.2) is 0 Å². The Bertz CT molecular complexity index is 206. The molecule has 1 fully saturated rings. The first-order valence-corrected chi connectivity index (χ1v) is 5.06. The van der Waals surface area contributed by atoms with Crippen LogP contribution in [0.15, 0.2) is 0 Å². The van der Waals surface area contributed by atoms with Gasteiger partial charge < -0.3 is 9.84 Å². The molecule has 2 atom stereocenters. The Morgan fingerprint density at radius 1 is 1.57 bits per heavy atom. The van der Waals surface area contributed by atoms with Gasteiger partial charge in [-0.15, -0.1) is 0 Å². The highest BCUT2D eigenvalue weighted by Gasteiger charge is 2.34. The zero-order chi connectivity index (χ0) is 10.7. The number of ether oxygens (including phenoxy) is 1. The van der Waals surface area contributed by atoms with Gasteiger partial charge in [-0.05, 0) is 20.3 Å². The molecule has 0 saturated carbocycles. The number of hydrogen-bond acceptors (Lipinski definition) is 4. The van der Waals surface area contributed by atoms with Crippen LogP contribution in [0, 0.1) is 5.92 Å². The van der Waals surface area contributed by atoms with Crippen molar-refractivity contribution in [1.82, 2.24) is 4.90 Å². The normalized spacial score (nSPS) is 29.2. The van der Waals surface area contributed by atoms with Crippen LogP contribution in [-0.2, 0) is 9.53 Å². The first-order chi connectivity index (χ1) is 6.56. The maximum Gasteiger partial charge on any atom is 0.312 e. The van der Waals surface area contributed by atoms with Gasteiger partial charge >= 0.3 is 5.97 Å². The number of methoxy groups -OCH3 is 1. The SMILES string of the molecule is COC(=O)[C@@H]1CN(C(C)C)CC[C@@H]1O. The van der Waals surface area contributed by atoms with E-state index in [1.165, 1.54) is 7.11 Å². The highest BCUT2D eigenvalue weighted by atomic mass is 16.5. The van der Waals surface area contributed by atoms with E-state index in [0.717, 1.165) is 6.54 Å². The van der Waals surface area contributed by atoms with E-state index >= 15 is 0 Å². The van der Waals surface area contributed by atoms with Gasteiger partial charge in [-0.2, -0.15) is 0 Å². The number of carbonyl (C=O) groups excluding carboxylic acids is 1. The van der Waals surface area contributed by atoms with E-state index in [-0.39, 0.29) is 11.9 Å². The molecule has 1 heterocycles. The summed E-state index contributed by atoms with van der Waals surface area (Å²) in [4.78, 5) is 13.5. The second-order valence-corrected chi connectivity index (χ2v) is 4.07. The molecule has 0 unspecified atom stereocenters. The van der Waals surface area contributed by atoms with E-state index in [4.69, 9.17) is 0 Å². The van der Waals surface area contributed by atoms with Crippen molar-refractivity contribution in [1.29, 1.82) is 0 Å². The first-order valence-electron chi connectivity index (χ1n) is 5.06. The standard InChI is InChI=1S/C10H19NO3/c1-7(2)11-5-4-9(12)8(6-11)10(13)14-3/h7-9,12H,4-6H2,1-3H3/t8-,9+/m1/s1. The molecular formula is C10H19NO3. The van der Waals surface area contributed by atoms with Crippen LogP contribution in [0.1, 0.15) is 20.3 Å². The summed E-state index contributed by atoms with van der Waals surface area (Å²) < 4.78 is 4.66. The Kier molecular flexibility index (Phi) is 3.89. The largest absolute Gasteiger partial charge is 0.469 e. The van der Waals surface area contributed by atoms with Crippen LogP contribution in [0.25, 0.3) is 0 Å². The number of piperidine rings is 1. The number of likely N-dealkylation sites (tertiary alicyclic amines) is 1. The van der Waals surface area contributed by atoms with Gasteiger partial charge in [0.25, 0.3) is 0 Å². The lowest BCUT2D eigenvalue weighted by Crippen LogP contribution is -2.49.